The van der Waals surface area contributed by atoms with Gasteiger partial charge in [0.25, 0.3) is 0 Å². The predicted molar refractivity (Wildman–Crippen MR) is 86.3 cm³/mol. The van der Waals surface area contributed by atoms with Crippen molar-refractivity contribution in [1.82, 2.24) is 9.80 Å². The maximum Gasteiger partial charge on any atom is 0.337 e. The molecule has 126 valence electrons. The molecule has 0 aliphatic carbocycles. The lowest BCUT2D eigenvalue weighted by molar-refractivity contribution is 0.0426. The van der Waals surface area contributed by atoms with Crippen LogP contribution in [0.25, 0.3) is 0 Å². The van der Waals surface area contributed by atoms with Gasteiger partial charge in [0.2, 0.25) is 0 Å². The Kier molecular flexibility index (Phi) is 6.40. The normalized spacial score (nSPS) is 14.4. The molecule has 1 saturated heterocycles. The van der Waals surface area contributed by atoms with E-state index in [1.165, 1.54) is 7.11 Å². The summed E-state index contributed by atoms with van der Waals surface area (Å²) in [6.07, 6.45) is 0.899. The lowest BCUT2D eigenvalue weighted by Gasteiger charge is -2.33. The molecule has 1 aromatic rings. The van der Waals surface area contributed by atoms with E-state index in [2.05, 4.69) is 6.92 Å². The van der Waals surface area contributed by atoms with Gasteiger partial charge in [0.1, 0.15) is 0 Å². The Morgan fingerprint density at radius 1 is 1.22 bits per heavy atom. The van der Waals surface area contributed by atoms with Crippen molar-refractivity contribution in [3.8, 4) is 0 Å². The molecule has 1 heterocycles. The first-order valence-electron chi connectivity index (χ1n) is 7.94. The summed E-state index contributed by atoms with van der Waals surface area (Å²) in [5, 5.41) is 0. The number of hydrogen-bond donors (Lipinski definition) is 0. The second kappa shape index (κ2) is 8.53. The monoisotopic (exact) mass is 320 g/mol. The molecule has 1 aliphatic heterocycles. The van der Waals surface area contributed by atoms with Crippen molar-refractivity contribution >= 4 is 12.0 Å². The lowest BCUT2D eigenvalue weighted by atomic mass is 10.1. The van der Waals surface area contributed by atoms with Crippen LogP contribution in [-0.2, 0) is 16.0 Å². The number of morpholine rings is 1. The summed E-state index contributed by atoms with van der Waals surface area (Å²) in [5.41, 5.74) is 1.51. The first-order valence-corrected chi connectivity index (χ1v) is 7.94. The lowest BCUT2D eigenvalue weighted by Crippen LogP contribution is -2.48. The minimum Gasteiger partial charge on any atom is -0.465 e. The number of rotatable bonds is 5. The number of carbonyl (C=O) groups excluding carboxylic acids is 2. The molecule has 0 bridgehead atoms. The summed E-state index contributed by atoms with van der Waals surface area (Å²) in [6, 6.07) is 7.23. The number of urea groups is 1. The van der Waals surface area contributed by atoms with Crippen molar-refractivity contribution in [3.63, 3.8) is 0 Å². The van der Waals surface area contributed by atoms with Crippen LogP contribution in [0.1, 0.15) is 29.3 Å². The highest BCUT2D eigenvalue weighted by atomic mass is 16.5. The number of amides is 2. The first kappa shape index (κ1) is 17.3. The molecule has 2 rings (SSSR count). The van der Waals surface area contributed by atoms with Gasteiger partial charge in [-0.05, 0) is 24.1 Å². The predicted octanol–water partition coefficient (Wildman–Crippen LogP) is 2.14. The molecule has 2 amide bonds. The molecule has 0 atom stereocenters. The number of esters is 1. The Hall–Kier alpha value is -2.08. The average Bonchev–Trinajstić information content (AvgIpc) is 2.61. The van der Waals surface area contributed by atoms with Crippen LogP contribution in [0.4, 0.5) is 4.79 Å². The van der Waals surface area contributed by atoms with Gasteiger partial charge in [-0.25, -0.2) is 9.59 Å². The molecule has 1 aliphatic rings. The molecule has 0 aromatic heterocycles. The van der Waals surface area contributed by atoms with Gasteiger partial charge in [0.15, 0.2) is 0 Å². The fraction of sp³-hybridized carbons (Fsp3) is 0.529. The van der Waals surface area contributed by atoms with Crippen molar-refractivity contribution in [2.45, 2.75) is 19.9 Å². The van der Waals surface area contributed by atoms with Crippen molar-refractivity contribution in [2.75, 3.05) is 40.0 Å². The quantitative estimate of drug-likeness (QED) is 0.780. The largest absolute Gasteiger partial charge is 0.465 e. The van der Waals surface area contributed by atoms with Crippen LogP contribution >= 0.6 is 0 Å². The van der Waals surface area contributed by atoms with Gasteiger partial charge in [-0.2, -0.15) is 0 Å². The summed E-state index contributed by atoms with van der Waals surface area (Å²) in [6.45, 7) is 5.76. The number of benzene rings is 1. The SMILES string of the molecule is CCCN(Cc1ccc(C(=O)OC)cc1)C(=O)N1CCOCC1. The van der Waals surface area contributed by atoms with Gasteiger partial charge in [-0.1, -0.05) is 19.1 Å². The topological polar surface area (TPSA) is 59.1 Å². The van der Waals surface area contributed by atoms with Gasteiger partial charge in [-0.15, -0.1) is 0 Å². The summed E-state index contributed by atoms with van der Waals surface area (Å²) >= 11 is 0. The van der Waals surface area contributed by atoms with Crippen LogP contribution in [0.2, 0.25) is 0 Å². The first-order chi connectivity index (χ1) is 11.2. The zero-order chi connectivity index (χ0) is 16.7. The van der Waals surface area contributed by atoms with E-state index in [-0.39, 0.29) is 12.0 Å². The highest BCUT2D eigenvalue weighted by Crippen LogP contribution is 2.12. The summed E-state index contributed by atoms with van der Waals surface area (Å²) in [5.74, 6) is -0.355. The Morgan fingerprint density at radius 2 is 1.87 bits per heavy atom. The van der Waals surface area contributed by atoms with E-state index >= 15 is 0 Å². The standard InChI is InChI=1S/C17H24N2O4/c1-3-8-19(17(21)18-9-11-23-12-10-18)13-14-4-6-15(7-5-14)16(20)22-2/h4-7H,3,8-13H2,1-2H3. The van der Waals surface area contributed by atoms with Crippen molar-refractivity contribution in [1.29, 1.82) is 0 Å². The zero-order valence-corrected chi connectivity index (χ0v) is 13.8. The van der Waals surface area contributed by atoms with E-state index < -0.39 is 0 Å². The van der Waals surface area contributed by atoms with Crippen LogP contribution in [0, 0.1) is 0 Å². The van der Waals surface area contributed by atoms with Gasteiger partial charge in [-0.3, -0.25) is 0 Å². The van der Waals surface area contributed by atoms with Crippen LogP contribution in [0.3, 0.4) is 0 Å². The average molecular weight is 320 g/mol. The number of methoxy groups -OCH3 is 1. The number of ether oxygens (including phenoxy) is 2. The number of nitrogens with zero attached hydrogens (tertiary/aromatic N) is 2. The van der Waals surface area contributed by atoms with E-state index in [1.54, 1.807) is 12.1 Å². The van der Waals surface area contributed by atoms with Crippen LogP contribution in [-0.4, -0.2) is 61.8 Å². The van der Waals surface area contributed by atoms with Crippen LogP contribution in [0.15, 0.2) is 24.3 Å². The van der Waals surface area contributed by atoms with Crippen LogP contribution < -0.4 is 0 Å². The molecule has 1 aromatic carbocycles. The van der Waals surface area contributed by atoms with E-state index in [0.29, 0.717) is 45.0 Å². The highest BCUT2D eigenvalue weighted by Gasteiger charge is 2.22. The summed E-state index contributed by atoms with van der Waals surface area (Å²) in [7, 11) is 1.36. The maximum absolute atomic E-state index is 12.6. The molecular weight excluding hydrogens is 296 g/mol. The number of carbonyl (C=O) groups is 2. The third-order valence-corrected chi connectivity index (χ3v) is 3.79. The van der Waals surface area contributed by atoms with Crippen LogP contribution in [0.5, 0.6) is 0 Å². The Balaban J connectivity index is 2.03. The molecule has 0 radical (unpaired) electrons. The van der Waals surface area contributed by atoms with E-state index in [0.717, 1.165) is 12.0 Å². The molecule has 0 unspecified atom stereocenters. The van der Waals surface area contributed by atoms with Gasteiger partial charge < -0.3 is 19.3 Å². The third-order valence-electron chi connectivity index (χ3n) is 3.79. The Labute approximate surface area is 137 Å². The second-order valence-electron chi connectivity index (χ2n) is 5.49. The fourth-order valence-electron chi connectivity index (χ4n) is 2.55. The second-order valence-corrected chi connectivity index (χ2v) is 5.49. The smallest absolute Gasteiger partial charge is 0.337 e. The zero-order valence-electron chi connectivity index (χ0n) is 13.8. The minimum atomic E-state index is -0.355. The molecule has 1 fully saturated rings. The molecule has 0 N–H and O–H groups in total. The van der Waals surface area contributed by atoms with E-state index in [9.17, 15) is 9.59 Å². The fourth-order valence-corrected chi connectivity index (χ4v) is 2.55. The highest BCUT2D eigenvalue weighted by molar-refractivity contribution is 5.89. The van der Waals surface area contributed by atoms with Gasteiger partial charge in [0, 0.05) is 26.2 Å². The molecule has 0 saturated carbocycles. The Bertz CT molecular complexity index is 524. The summed E-state index contributed by atoms with van der Waals surface area (Å²) < 4.78 is 9.99. The van der Waals surface area contributed by atoms with E-state index in [1.807, 2.05) is 21.9 Å². The van der Waals surface area contributed by atoms with Gasteiger partial charge in [0.05, 0.1) is 25.9 Å². The molecule has 6 heteroatoms. The number of hydrogen-bond acceptors (Lipinski definition) is 4. The van der Waals surface area contributed by atoms with E-state index in [4.69, 9.17) is 9.47 Å². The minimum absolute atomic E-state index is 0.0483. The molecule has 0 spiro atoms. The van der Waals surface area contributed by atoms with Crippen molar-refractivity contribution < 1.29 is 19.1 Å². The third kappa shape index (κ3) is 4.69. The maximum atomic E-state index is 12.6. The van der Waals surface area contributed by atoms with Crippen molar-refractivity contribution in [2.24, 2.45) is 0 Å². The summed E-state index contributed by atoms with van der Waals surface area (Å²) in [4.78, 5) is 27.8. The molecular formula is C17H24N2O4. The molecule has 6 nitrogen and oxygen atoms in total. The van der Waals surface area contributed by atoms with Crippen molar-refractivity contribution in [3.05, 3.63) is 35.4 Å². The van der Waals surface area contributed by atoms with Gasteiger partial charge >= 0.3 is 12.0 Å². The Morgan fingerprint density at radius 3 is 2.43 bits per heavy atom. The molecule has 23 heavy (non-hydrogen) atoms.